The van der Waals surface area contributed by atoms with Crippen LogP contribution in [0, 0.1) is 11.7 Å². The van der Waals surface area contributed by atoms with Gasteiger partial charge in [-0.05, 0) is 42.2 Å². The van der Waals surface area contributed by atoms with Gasteiger partial charge < -0.3 is 19.5 Å². The molecule has 10 heteroatoms. The van der Waals surface area contributed by atoms with E-state index in [2.05, 4.69) is 21.2 Å². The fraction of sp³-hybridized carbons (Fsp3) is 0.375. The van der Waals surface area contributed by atoms with Crippen molar-refractivity contribution in [3.63, 3.8) is 0 Å². The minimum absolute atomic E-state index is 0.0936. The Morgan fingerprint density at radius 3 is 2.68 bits per heavy atom. The van der Waals surface area contributed by atoms with E-state index in [1.807, 2.05) is 4.57 Å². The van der Waals surface area contributed by atoms with Crippen molar-refractivity contribution in [3.8, 4) is 0 Å². The number of methoxy groups -OCH3 is 1. The largest absolute Gasteiger partial charge is 0.375 e. The summed E-state index contributed by atoms with van der Waals surface area (Å²) in [7, 11) is 3.22. The van der Waals surface area contributed by atoms with Crippen LogP contribution in [-0.4, -0.2) is 66.7 Å². The van der Waals surface area contributed by atoms with Gasteiger partial charge in [0, 0.05) is 46.0 Å². The molecule has 2 amide bonds. The number of halogens is 1. The number of carbonyl (C=O) groups is 2. The van der Waals surface area contributed by atoms with Crippen LogP contribution in [-0.2, 0) is 16.1 Å². The zero-order chi connectivity index (χ0) is 24.1. The molecule has 0 bridgehead atoms. The van der Waals surface area contributed by atoms with Gasteiger partial charge in [0.15, 0.2) is 0 Å². The smallest absolute Gasteiger partial charge is 0.255 e. The summed E-state index contributed by atoms with van der Waals surface area (Å²) in [5, 5.41) is 2.77. The Labute approximate surface area is 197 Å². The van der Waals surface area contributed by atoms with Gasteiger partial charge in [-0.1, -0.05) is 12.1 Å². The highest BCUT2D eigenvalue weighted by molar-refractivity contribution is 6.07. The van der Waals surface area contributed by atoms with Crippen LogP contribution < -0.4 is 16.2 Å². The average Bonchev–Trinajstić information content (AvgIpc) is 3.48. The molecular formula is C24H29FN6O3. The average molecular weight is 469 g/mol. The van der Waals surface area contributed by atoms with Gasteiger partial charge >= 0.3 is 0 Å². The predicted octanol–water partition coefficient (Wildman–Crippen LogP) is 1.99. The number of benzene rings is 2. The van der Waals surface area contributed by atoms with Crippen LogP contribution in [0.1, 0.15) is 22.3 Å². The molecule has 9 nitrogen and oxygen atoms in total. The standard InChI is InChI=1S/C24H29FN6O3/c1-30(8-7-17-11-27-28-12-17)24(33)20-9-19(29-22(32)14-34-2)10-21-23(20)31(15-26-21)13-16-3-5-18(25)6-4-16/h3-6,9-10,15,17,27-28H,7-8,11-14H2,1-2H3,(H,29,32). The van der Waals surface area contributed by atoms with E-state index in [0.717, 1.165) is 25.1 Å². The third-order valence-corrected chi connectivity index (χ3v) is 5.89. The van der Waals surface area contributed by atoms with Crippen LogP contribution in [0.2, 0.25) is 0 Å². The van der Waals surface area contributed by atoms with Crippen LogP contribution in [0.4, 0.5) is 10.1 Å². The summed E-state index contributed by atoms with van der Waals surface area (Å²) in [4.78, 5) is 31.8. The number of aromatic nitrogens is 2. The van der Waals surface area contributed by atoms with Gasteiger partial charge in [-0.3, -0.25) is 20.4 Å². The Morgan fingerprint density at radius 1 is 1.24 bits per heavy atom. The number of anilines is 1. The summed E-state index contributed by atoms with van der Waals surface area (Å²) in [6.45, 7) is 2.68. The maximum atomic E-state index is 13.5. The number of ether oxygens (including phenoxy) is 1. The third-order valence-electron chi connectivity index (χ3n) is 5.89. The van der Waals surface area contributed by atoms with Crippen LogP contribution >= 0.6 is 0 Å². The van der Waals surface area contributed by atoms with E-state index in [9.17, 15) is 14.0 Å². The molecule has 2 aromatic carbocycles. The molecule has 2 heterocycles. The highest BCUT2D eigenvalue weighted by atomic mass is 19.1. The Kier molecular flexibility index (Phi) is 7.51. The first-order chi connectivity index (χ1) is 16.4. The molecule has 1 aromatic heterocycles. The first-order valence-electron chi connectivity index (χ1n) is 11.2. The molecule has 0 atom stereocenters. The normalized spacial score (nSPS) is 14.0. The van der Waals surface area contributed by atoms with E-state index in [-0.39, 0.29) is 24.2 Å². The van der Waals surface area contributed by atoms with Crippen molar-refractivity contribution in [2.24, 2.45) is 5.92 Å². The van der Waals surface area contributed by atoms with Gasteiger partial charge in [0.05, 0.1) is 22.9 Å². The molecule has 0 radical (unpaired) electrons. The molecule has 3 N–H and O–H groups in total. The topological polar surface area (TPSA) is 101 Å². The highest BCUT2D eigenvalue weighted by Crippen LogP contribution is 2.26. The molecule has 4 rings (SSSR count). The summed E-state index contributed by atoms with van der Waals surface area (Å²) in [6.07, 6.45) is 2.52. The number of rotatable bonds is 9. The molecule has 0 unspecified atom stereocenters. The Balaban J connectivity index is 1.65. The van der Waals surface area contributed by atoms with Crippen LogP contribution in [0.3, 0.4) is 0 Å². The molecule has 34 heavy (non-hydrogen) atoms. The third kappa shape index (κ3) is 5.58. The minimum Gasteiger partial charge on any atom is -0.375 e. The molecule has 1 fully saturated rings. The lowest BCUT2D eigenvalue weighted by atomic mass is 10.1. The molecule has 3 aromatic rings. The molecular weight excluding hydrogens is 439 g/mol. The zero-order valence-corrected chi connectivity index (χ0v) is 19.3. The quantitative estimate of drug-likeness (QED) is 0.444. The molecule has 1 aliphatic rings. The number of carbonyl (C=O) groups excluding carboxylic acids is 2. The lowest BCUT2D eigenvalue weighted by Crippen LogP contribution is -2.30. The van der Waals surface area contributed by atoms with Crippen molar-refractivity contribution < 1.29 is 18.7 Å². The first-order valence-corrected chi connectivity index (χ1v) is 11.2. The van der Waals surface area contributed by atoms with E-state index in [4.69, 9.17) is 4.74 Å². The maximum Gasteiger partial charge on any atom is 0.255 e. The van der Waals surface area contributed by atoms with Crippen molar-refractivity contribution in [1.29, 1.82) is 0 Å². The van der Waals surface area contributed by atoms with Crippen LogP contribution in [0.15, 0.2) is 42.7 Å². The van der Waals surface area contributed by atoms with Crippen LogP contribution in [0.25, 0.3) is 11.0 Å². The monoisotopic (exact) mass is 468 g/mol. The molecule has 1 aliphatic heterocycles. The number of hydrazine groups is 1. The van der Waals surface area contributed by atoms with Crippen molar-refractivity contribution in [2.75, 3.05) is 45.7 Å². The number of fused-ring (bicyclic) bond motifs is 1. The molecule has 0 aliphatic carbocycles. The van der Waals surface area contributed by atoms with E-state index in [0.29, 0.717) is 41.3 Å². The number of hydrogen-bond acceptors (Lipinski definition) is 6. The van der Waals surface area contributed by atoms with Crippen LogP contribution in [0.5, 0.6) is 0 Å². The van der Waals surface area contributed by atoms with Gasteiger partial charge in [-0.25, -0.2) is 9.37 Å². The second-order valence-electron chi connectivity index (χ2n) is 8.51. The first kappa shape index (κ1) is 23.8. The van der Waals surface area contributed by atoms with Gasteiger partial charge in [0.25, 0.3) is 5.91 Å². The summed E-state index contributed by atoms with van der Waals surface area (Å²) in [6, 6.07) is 9.64. The summed E-state index contributed by atoms with van der Waals surface area (Å²) in [5.74, 6) is -0.326. The van der Waals surface area contributed by atoms with E-state index >= 15 is 0 Å². The van der Waals surface area contributed by atoms with Gasteiger partial charge in [-0.2, -0.15) is 0 Å². The van der Waals surface area contributed by atoms with Crippen molar-refractivity contribution in [1.82, 2.24) is 25.3 Å². The van der Waals surface area contributed by atoms with E-state index in [1.54, 1.807) is 42.5 Å². The lowest BCUT2D eigenvalue weighted by molar-refractivity contribution is -0.119. The fourth-order valence-electron chi connectivity index (χ4n) is 4.07. The second kappa shape index (κ2) is 10.7. The van der Waals surface area contributed by atoms with Crippen molar-refractivity contribution in [2.45, 2.75) is 13.0 Å². The Morgan fingerprint density at radius 2 is 1.97 bits per heavy atom. The summed E-state index contributed by atoms with van der Waals surface area (Å²) in [5.41, 5.74) is 9.26. The molecule has 1 saturated heterocycles. The molecule has 0 spiro atoms. The summed E-state index contributed by atoms with van der Waals surface area (Å²) >= 11 is 0. The van der Waals surface area contributed by atoms with E-state index < -0.39 is 0 Å². The molecule has 0 saturated carbocycles. The van der Waals surface area contributed by atoms with Crippen molar-refractivity contribution in [3.05, 3.63) is 59.7 Å². The molecule has 180 valence electrons. The number of amides is 2. The van der Waals surface area contributed by atoms with Crippen molar-refractivity contribution >= 4 is 28.5 Å². The van der Waals surface area contributed by atoms with Gasteiger partial charge in [-0.15, -0.1) is 0 Å². The second-order valence-corrected chi connectivity index (χ2v) is 8.51. The SMILES string of the molecule is COCC(=O)Nc1cc(C(=O)N(C)CCC2CNNC2)c2c(c1)ncn2Cc1ccc(F)cc1. The van der Waals surface area contributed by atoms with Gasteiger partial charge in [0.1, 0.15) is 12.4 Å². The Bertz CT molecular complexity index is 1160. The number of hydrogen-bond donors (Lipinski definition) is 3. The number of nitrogens with one attached hydrogen (secondary N) is 3. The Hall–Kier alpha value is -3.34. The summed E-state index contributed by atoms with van der Waals surface area (Å²) < 4.78 is 20.1. The zero-order valence-electron chi connectivity index (χ0n) is 19.3. The van der Waals surface area contributed by atoms with Gasteiger partial charge in [0.2, 0.25) is 5.91 Å². The number of nitrogens with zero attached hydrogens (tertiary/aromatic N) is 3. The van der Waals surface area contributed by atoms with E-state index in [1.165, 1.54) is 19.2 Å². The highest BCUT2D eigenvalue weighted by Gasteiger charge is 2.22. The fourth-order valence-corrected chi connectivity index (χ4v) is 4.07. The lowest BCUT2D eigenvalue weighted by Gasteiger charge is -2.20. The number of imidazole rings is 1. The predicted molar refractivity (Wildman–Crippen MR) is 127 cm³/mol. The minimum atomic E-state index is -0.319. The maximum absolute atomic E-state index is 13.5.